The fraction of sp³-hybridized carbons (Fsp3) is 0.400. The van der Waals surface area contributed by atoms with Gasteiger partial charge in [0.1, 0.15) is 12.5 Å². The molecule has 3 amide bonds. The summed E-state index contributed by atoms with van der Waals surface area (Å²) in [5.74, 6) is -2.18. The number of hydrogen-bond acceptors (Lipinski definition) is 5. The molecule has 2 atom stereocenters. The van der Waals surface area contributed by atoms with Crippen LogP contribution in [0.3, 0.4) is 0 Å². The van der Waals surface area contributed by atoms with Crippen molar-refractivity contribution in [2.45, 2.75) is 31.7 Å². The van der Waals surface area contributed by atoms with E-state index in [1.54, 1.807) is 36.1 Å². The van der Waals surface area contributed by atoms with Crippen LogP contribution in [-0.4, -0.2) is 54.3 Å². The molecular formula is C20H23N3O5. The molecule has 0 saturated carbocycles. The first-order chi connectivity index (χ1) is 13.4. The van der Waals surface area contributed by atoms with Crippen LogP contribution in [0.1, 0.15) is 41.6 Å². The average molecular weight is 385 g/mol. The molecule has 0 unspecified atom stereocenters. The van der Waals surface area contributed by atoms with Crippen molar-refractivity contribution in [3.05, 3.63) is 42.0 Å². The minimum atomic E-state index is -0.895. The van der Waals surface area contributed by atoms with E-state index < -0.39 is 30.2 Å². The Bertz CT molecular complexity index is 850. The van der Waals surface area contributed by atoms with Crippen LogP contribution in [-0.2, 0) is 19.1 Å². The summed E-state index contributed by atoms with van der Waals surface area (Å²) < 4.78 is 4.85. The zero-order valence-electron chi connectivity index (χ0n) is 15.7. The van der Waals surface area contributed by atoms with Gasteiger partial charge in [-0.3, -0.25) is 24.1 Å². The quantitative estimate of drug-likeness (QED) is 0.445. The summed E-state index contributed by atoms with van der Waals surface area (Å²) in [7, 11) is 0. The lowest BCUT2D eigenvalue weighted by molar-refractivity contribution is -0.145. The predicted octanol–water partition coefficient (Wildman–Crippen LogP) is 0.956. The van der Waals surface area contributed by atoms with Crippen molar-refractivity contribution in [1.29, 1.82) is 0 Å². The Morgan fingerprint density at radius 2 is 2.11 bits per heavy atom. The first-order valence-corrected chi connectivity index (χ1v) is 9.19. The molecule has 0 radical (unpaired) electrons. The molecule has 2 aliphatic heterocycles. The molecule has 8 nitrogen and oxygen atoms in total. The van der Waals surface area contributed by atoms with Crippen molar-refractivity contribution in [2.24, 2.45) is 5.73 Å². The molecule has 0 aromatic heterocycles. The standard InChI is InChI=1S/C20H23N3O5/c1-3-8-22-11-12-9-15(19(21)26)23(16(24)10-17(25)28-4-2)14-7-5-6-13(18(12)14)20(22)27/h3,5-7,12,15H,1,4,8-11H2,2H3,(H2,21,26)/t12-,15-/m0/s1. The first-order valence-electron chi connectivity index (χ1n) is 9.19. The summed E-state index contributed by atoms with van der Waals surface area (Å²) in [6, 6.07) is 4.16. The van der Waals surface area contributed by atoms with Crippen LogP contribution in [0.4, 0.5) is 5.69 Å². The van der Waals surface area contributed by atoms with Crippen molar-refractivity contribution in [2.75, 3.05) is 24.6 Å². The van der Waals surface area contributed by atoms with Gasteiger partial charge in [0.05, 0.1) is 6.61 Å². The van der Waals surface area contributed by atoms with Gasteiger partial charge >= 0.3 is 5.97 Å². The Morgan fingerprint density at radius 1 is 1.36 bits per heavy atom. The molecule has 0 bridgehead atoms. The lowest BCUT2D eigenvalue weighted by Gasteiger charge is -2.44. The van der Waals surface area contributed by atoms with Crippen LogP contribution in [0.2, 0.25) is 0 Å². The molecule has 2 heterocycles. The van der Waals surface area contributed by atoms with Crippen molar-refractivity contribution in [3.63, 3.8) is 0 Å². The zero-order chi connectivity index (χ0) is 20.4. The number of benzene rings is 1. The highest BCUT2D eigenvalue weighted by molar-refractivity contribution is 6.09. The lowest BCUT2D eigenvalue weighted by Crippen LogP contribution is -2.54. The van der Waals surface area contributed by atoms with Crippen LogP contribution < -0.4 is 10.6 Å². The number of nitrogens with two attached hydrogens (primary N) is 1. The van der Waals surface area contributed by atoms with Crippen molar-refractivity contribution < 1.29 is 23.9 Å². The van der Waals surface area contributed by atoms with Gasteiger partial charge < -0.3 is 15.4 Å². The number of rotatable bonds is 6. The predicted molar refractivity (Wildman–Crippen MR) is 102 cm³/mol. The number of amides is 3. The molecule has 3 rings (SSSR count). The molecular weight excluding hydrogens is 362 g/mol. The van der Waals surface area contributed by atoms with E-state index in [1.807, 2.05) is 0 Å². The SMILES string of the molecule is C=CCN1C[C@@H]2C[C@@H](C(N)=O)N(C(=O)CC(=O)OCC)c3cccc(c32)C1=O. The third-order valence-corrected chi connectivity index (χ3v) is 5.08. The van der Waals surface area contributed by atoms with Crippen molar-refractivity contribution >= 4 is 29.4 Å². The van der Waals surface area contributed by atoms with E-state index in [-0.39, 0.29) is 24.9 Å². The Balaban J connectivity index is 2.05. The Hall–Kier alpha value is -3.16. The first kappa shape index (κ1) is 19.6. The van der Waals surface area contributed by atoms with Gasteiger partial charge in [0.15, 0.2) is 0 Å². The molecule has 148 valence electrons. The fourth-order valence-electron chi connectivity index (χ4n) is 4.01. The third kappa shape index (κ3) is 3.37. The van der Waals surface area contributed by atoms with E-state index in [2.05, 4.69) is 6.58 Å². The van der Waals surface area contributed by atoms with E-state index >= 15 is 0 Å². The summed E-state index contributed by atoms with van der Waals surface area (Å²) in [5.41, 5.74) is 7.26. The van der Waals surface area contributed by atoms with Gasteiger partial charge in [0, 0.05) is 30.3 Å². The van der Waals surface area contributed by atoms with Gasteiger partial charge in [-0.1, -0.05) is 12.1 Å². The lowest BCUT2D eigenvalue weighted by atomic mass is 9.79. The second-order valence-electron chi connectivity index (χ2n) is 6.83. The summed E-state index contributed by atoms with van der Waals surface area (Å²) >= 11 is 0. The average Bonchev–Trinajstić information content (AvgIpc) is 2.65. The molecule has 8 heteroatoms. The molecule has 2 aliphatic rings. The monoisotopic (exact) mass is 385 g/mol. The normalized spacial score (nSPS) is 20.4. The van der Waals surface area contributed by atoms with E-state index in [0.717, 1.165) is 5.56 Å². The number of esters is 1. The summed E-state index contributed by atoms with van der Waals surface area (Å²) in [6.07, 6.45) is 1.44. The number of hydrogen-bond donors (Lipinski definition) is 1. The van der Waals surface area contributed by atoms with Gasteiger partial charge in [0.2, 0.25) is 11.8 Å². The number of primary amides is 1. The van der Waals surface area contributed by atoms with E-state index in [1.165, 1.54) is 4.90 Å². The second-order valence-corrected chi connectivity index (χ2v) is 6.83. The Labute approximate surface area is 162 Å². The van der Waals surface area contributed by atoms with E-state index in [0.29, 0.717) is 24.3 Å². The summed E-state index contributed by atoms with van der Waals surface area (Å²) in [5, 5.41) is 0. The number of carbonyl (C=O) groups is 4. The minimum Gasteiger partial charge on any atom is -0.466 e. The Kier molecular flexibility index (Phi) is 5.48. The maximum Gasteiger partial charge on any atom is 0.315 e. The molecule has 0 saturated heterocycles. The van der Waals surface area contributed by atoms with Gasteiger partial charge in [-0.25, -0.2) is 0 Å². The summed E-state index contributed by atoms with van der Waals surface area (Å²) in [4.78, 5) is 52.5. The third-order valence-electron chi connectivity index (χ3n) is 5.08. The van der Waals surface area contributed by atoms with Gasteiger partial charge in [-0.15, -0.1) is 6.58 Å². The minimum absolute atomic E-state index is 0.131. The fourth-order valence-corrected chi connectivity index (χ4v) is 4.01. The molecule has 0 aliphatic carbocycles. The van der Waals surface area contributed by atoms with E-state index in [4.69, 9.17) is 10.5 Å². The maximum atomic E-state index is 12.8. The highest BCUT2D eigenvalue weighted by Crippen LogP contribution is 2.44. The highest BCUT2D eigenvalue weighted by Gasteiger charge is 2.44. The van der Waals surface area contributed by atoms with Gasteiger partial charge in [-0.05, 0) is 31.0 Å². The van der Waals surface area contributed by atoms with Crippen LogP contribution in [0.25, 0.3) is 0 Å². The summed E-state index contributed by atoms with van der Waals surface area (Å²) in [6.45, 7) is 6.30. The smallest absolute Gasteiger partial charge is 0.315 e. The van der Waals surface area contributed by atoms with Gasteiger partial charge in [-0.2, -0.15) is 0 Å². The van der Waals surface area contributed by atoms with Crippen molar-refractivity contribution in [3.8, 4) is 0 Å². The number of carbonyl (C=O) groups excluding carboxylic acids is 4. The number of anilines is 1. The highest BCUT2D eigenvalue weighted by atomic mass is 16.5. The van der Waals surface area contributed by atoms with Crippen LogP contribution in [0.15, 0.2) is 30.9 Å². The second kappa shape index (κ2) is 7.84. The number of nitrogens with zero attached hydrogens (tertiary/aromatic N) is 2. The Morgan fingerprint density at radius 3 is 2.75 bits per heavy atom. The van der Waals surface area contributed by atoms with Crippen LogP contribution in [0.5, 0.6) is 0 Å². The zero-order valence-corrected chi connectivity index (χ0v) is 15.7. The maximum absolute atomic E-state index is 12.8. The van der Waals surface area contributed by atoms with Gasteiger partial charge in [0.25, 0.3) is 5.91 Å². The topological polar surface area (TPSA) is 110 Å². The molecule has 0 fully saturated rings. The molecule has 1 aromatic carbocycles. The molecule has 1 aromatic rings. The molecule has 28 heavy (non-hydrogen) atoms. The molecule has 2 N–H and O–H groups in total. The number of ether oxygens (including phenoxy) is 1. The van der Waals surface area contributed by atoms with Crippen molar-refractivity contribution in [1.82, 2.24) is 4.90 Å². The van der Waals surface area contributed by atoms with Crippen LogP contribution >= 0.6 is 0 Å². The van der Waals surface area contributed by atoms with Crippen LogP contribution in [0, 0.1) is 0 Å². The van der Waals surface area contributed by atoms with E-state index in [9.17, 15) is 19.2 Å². The largest absolute Gasteiger partial charge is 0.466 e. The molecule has 0 spiro atoms.